The third kappa shape index (κ3) is 3.85. The molecular formula is C16H13FN4O2S. The van der Waals surface area contributed by atoms with E-state index in [4.69, 9.17) is 0 Å². The molecule has 0 aliphatic carbocycles. The Morgan fingerprint density at radius 1 is 0.792 bits per heavy atom. The zero-order chi connectivity index (χ0) is 17.0. The lowest BCUT2D eigenvalue weighted by atomic mass is 10.3. The van der Waals surface area contributed by atoms with Crippen molar-refractivity contribution < 1.29 is 12.8 Å². The van der Waals surface area contributed by atoms with Crippen LogP contribution < -0.4 is 10.0 Å². The molecule has 24 heavy (non-hydrogen) atoms. The number of anilines is 3. The third-order valence-corrected chi connectivity index (χ3v) is 4.44. The van der Waals surface area contributed by atoms with Gasteiger partial charge in [-0.1, -0.05) is 18.2 Å². The lowest BCUT2D eigenvalue weighted by molar-refractivity contribution is 0.601. The number of aromatic nitrogens is 2. The Kier molecular flexibility index (Phi) is 4.39. The molecule has 0 unspecified atom stereocenters. The maximum absolute atomic E-state index is 12.9. The van der Waals surface area contributed by atoms with E-state index < -0.39 is 10.0 Å². The number of nitrogens with one attached hydrogen (secondary N) is 2. The van der Waals surface area contributed by atoms with Crippen LogP contribution in [0.2, 0.25) is 0 Å². The van der Waals surface area contributed by atoms with E-state index in [1.807, 2.05) is 0 Å². The average Bonchev–Trinajstić information content (AvgIpc) is 2.59. The van der Waals surface area contributed by atoms with Crippen molar-refractivity contribution >= 4 is 27.3 Å². The molecule has 2 aromatic carbocycles. The molecule has 0 spiro atoms. The predicted octanol–water partition coefficient (Wildman–Crippen LogP) is 3.16. The Morgan fingerprint density at radius 3 is 2.04 bits per heavy atom. The van der Waals surface area contributed by atoms with Gasteiger partial charge in [-0.25, -0.2) is 12.8 Å². The molecule has 3 rings (SSSR count). The van der Waals surface area contributed by atoms with E-state index in [0.717, 1.165) is 0 Å². The molecule has 122 valence electrons. The van der Waals surface area contributed by atoms with E-state index in [0.29, 0.717) is 11.5 Å². The number of halogens is 1. The number of hydrogen-bond acceptors (Lipinski definition) is 5. The Balaban J connectivity index is 1.72. The fourth-order valence-electron chi connectivity index (χ4n) is 1.93. The van der Waals surface area contributed by atoms with Crippen molar-refractivity contribution in [1.82, 2.24) is 10.2 Å². The highest BCUT2D eigenvalue weighted by atomic mass is 32.2. The zero-order valence-corrected chi connectivity index (χ0v) is 13.2. The lowest BCUT2D eigenvalue weighted by Crippen LogP contribution is -2.14. The van der Waals surface area contributed by atoms with Crippen LogP contribution in [0.5, 0.6) is 0 Å². The quantitative estimate of drug-likeness (QED) is 0.743. The Hall–Kier alpha value is -3.00. The van der Waals surface area contributed by atoms with Gasteiger partial charge < -0.3 is 5.32 Å². The summed E-state index contributed by atoms with van der Waals surface area (Å²) in [4.78, 5) is 0.139. The van der Waals surface area contributed by atoms with Gasteiger partial charge in [-0.15, -0.1) is 10.2 Å². The van der Waals surface area contributed by atoms with Crippen molar-refractivity contribution in [3.8, 4) is 0 Å². The minimum Gasteiger partial charge on any atom is -0.339 e. The summed E-state index contributed by atoms with van der Waals surface area (Å²) >= 11 is 0. The molecule has 0 aliphatic heterocycles. The summed E-state index contributed by atoms with van der Waals surface area (Å²) in [7, 11) is -3.70. The van der Waals surface area contributed by atoms with E-state index in [-0.39, 0.29) is 16.5 Å². The van der Waals surface area contributed by atoms with Gasteiger partial charge in [0.25, 0.3) is 10.0 Å². The van der Waals surface area contributed by atoms with Gasteiger partial charge in [-0.2, -0.15) is 0 Å². The van der Waals surface area contributed by atoms with Crippen LogP contribution in [0, 0.1) is 5.82 Å². The van der Waals surface area contributed by atoms with Crippen LogP contribution in [0.4, 0.5) is 21.7 Å². The van der Waals surface area contributed by atoms with E-state index >= 15 is 0 Å². The summed E-state index contributed by atoms with van der Waals surface area (Å²) in [6, 6.07) is 16.8. The van der Waals surface area contributed by atoms with Crippen LogP contribution in [0.1, 0.15) is 0 Å². The minimum absolute atomic E-state index is 0.100. The summed E-state index contributed by atoms with van der Waals surface area (Å²) in [5.74, 6) is 0.171. The van der Waals surface area contributed by atoms with Gasteiger partial charge in [0, 0.05) is 5.69 Å². The fourth-order valence-corrected chi connectivity index (χ4v) is 2.95. The Bertz CT molecular complexity index is 915. The van der Waals surface area contributed by atoms with Crippen molar-refractivity contribution in [2.24, 2.45) is 0 Å². The molecule has 0 fully saturated rings. The molecule has 8 heteroatoms. The van der Waals surface area contributed by atoms with Gasteiger partial charge in [0.2, 0.25) is 0 Å². The maximum atomic E-state index is 12.9. The van der Waals surface area contributed by atoms with Gasteiger partial charge >= 0.3 is 0 Å². The summed E-state index contributed by atoms with van der Waals surface area (Å²) in [5.41, 5.74) is 0.642. The summed E-state index contributed by atoms with van der Waals surface area (Å²) in [6.07, 6.45) is 0. The Labute approximate surface area is 138 Å². The van der Waals surface area contributed by atoms with Gasteiger partial charge in [0.05, 0.1) is 4.90 Å². The van der Waals surface area contributed by atoms with E-state index in [2.05, 4.69) is 20.2 Å². The van der Waals surface area contributed by atoms with Crippen molar-refractivity contribution in [3.63, 3.8) is 0 Å². The van der Waals surface area contributed by atoms with E-state index in [9.17, 15) is 12.8 Å². The number of rotatable bonds is 5. The number of nitrogens with zero attached hydrogens (tertiary/aromatic N) is 2. The topological polar surface area (TPSA) is 84.0 Å². The van der Waals surface area contributed by atoms with Crippen LogP contribution in [0.3, 0.4) is 0 Å². The molecule has 0 saturated carbocycles. The first-order valence-corrected chi connectivity index (χ1v) is 8.45. The largest absolute Gasteiger partial charge is 0.339 e. The lowest BCUT2D eigenvalue weighted by Gasteiger charge is -2.08. The SMILES string of the molecule is O=S(=O)(Nc1ccc(Nc2ccc(F)cc2)nn1)c1ccccc1. The second-order valence-electron chi connectivity index (χ2n) is 4.85. The molecule has 0 saturated heterocycles. The molecule has 6 nitrogen and oxygen atoms in total. The highest BCUT2D eigenvalue weighted by molar-refractivity contribution is 7.92. The van der Waals surface area contributed by atoms with Gasteiger partial charge in [0.1, 0.15) is 5.82 Å². The summed E-state index contributed by atoms with van der Waals surface area (Å²) in [5, 5.41) is 10.7. The first-order valence-electron chi connectivity index (χ1n) is 6.97. The van der Waals surface area contributed by atoms with Gasteiger partial charge in [-0.05, 0) is 48.5 Å². The molecule has 0 bridgehead atoms. The number of benzene rings is 2. The molecule has 0 amide bonds. The minimum atomic E-state index is -3.70. The summed E-state index contributed by atoms with van der Waals surface area (Å²) < 4.78 is 39.6. The van der Waals surface area contributed by atoms with Crippen molar-refractivity contribution in [3.05, 3.63) is 72.5 Å². The van der Waals surface area contributed by atoms with E-state index in [1.165, 1.54) is 30.3 Å². The first-order chi connectivity index (χ1) is 11.5. The summed E-state index contributed by atoms with van der Waals surface area (Å²) in [6.45, 7) is 0. The normalized spacial score (nSPS) is 11.0. The van der Waals surface area contributed by atoms with Crippen LogP contribution in [0.25, 0.3) is 0 Å². The average molecular weight is 344 g/mol. The highest BCUT2D eigenvalue weighted by Gasteiger charge is 2.14. The van der Waals surface area contributed by atoms with Gasteiger partial charge in [0.15, 0.2) is 11.6 Å². The number of hydrogen-bond donors (Lipinski definition) is 2. The molecule has 1 heterocycles. The third-order valence-electron chi connectivity index (χ3n) is 3.07. The zero-order valence-electron chi connectivity index (χ0n) is 12.3. The molecular weight excluding hydrogens is 331 g/mol. The molecule has 2 N–H and O–H groups in total. The van der Waals surface area contributed by atoms with Crippen LogP contribution in [-0.4, -0.2) is 18.6 Å². The van der Waals surface area contributed by atoms with Crippen molar-refractivity contribution in [1.29, 1.82) is 0 Å². The second kappa shape index (κ2) is 6.63. The van der Waals surface area contributed by atoms with Crippen molar-refractivity contribution in [2.45, 2.75) is 4.90 Å². The molecule has 1 aromatic heterocycles. The molecule has 0 aliphatic rings. The smallest absolute Gasteiger partial charge is 0.263 e. The fraction of sp³-hybridized carbons (Fsp3) is 0. The first kappa shape index (κ1) is 15.9. The van der Waals surface area contributed by atoms with E-state index in [1.54, 1.807) is 36.4 Å². The van der Waals surface area contributed by atoms with Gasteiger partial charge in [-0.3, -0.25) is 4.72 Å². The molecule has 0 atom stereocenters. The predicted molar refractivity (Wildman–Crippen MR) is 89.0 cm³/mol. The Morgan fingerprint density at radius 2 is 1.42 bits per heavy atom. The molecule has 3 aromatic rings. The van der Waals surface area contributed by atoms with Crippen LogP contribution in [-0.2, 0) is 10.0 Å². The van der Waals surface area contributed by atoms with Crippen molar-refractivity contribution in [2.75, 3.05) is 10.0 Å². The maximum Gasteiger partial charge on any atom is 0.263 e. The molecule has 0 radical (unpaired) electrons. The number of sulfonamides is 1. The monoisotopic (exact) mass is 344 g/mol. The van der Waals surface area contributed by atoms with Crippen LogP contribution >= 0.6 is 0 Å². The highest BCUT2D eigenvalue weighted by Crippen LogP contribution is 2.17. The van der Waals surface area contributed by atoms with Crippen LogP contribution in [0.15, 0.2) is 71.6 Å². The standard InChI is InChI=1S/C16H13FN4O2S/c17-12-6-8-13(9-7-12)18-15-10-11-16(20-19-15)21-24(22,23)14-4-2-1-3-5-14/h1-11H,(H,18,19)(H,20,21). The second-order valence-corrected chi connectivity index (χ2v) is 6.54.